The van der Waals surface area contributed by atoms with Crippen molar-refractivity contribution >= 4 is 68.4 Å². The largest absolute Gasteiger partial charge is 0.472 e. The van der Waals surface area contributed by atoms with Crippen molar-refractivity contribution in [3.05, 3.63) is 62.3 Å². The Morgan fingerprint density at radius 2 is 2.09 bits per heavy atom. The van der Waals surface area contributed by atoms with Crippen LogP contribution in [0.5, 0.6) is 5.88 Å². The molecule has 12 heteroatoms. The molecule has 2 N–H and O–H groups in total. The first-order valence-electron chi connectivity index (χ1n) is 9.84. The molecule has 3 heterocycles. The number of rotatable bonds is 7. The molecule has 0 unspecified atom stereocenters. The Hall–Kier alpha value is -2.71. The van der Waals surface area contributed by atoms with E-state index in [0.717, 1.165) is 11.5 Å². The normalized spacial score (nSPS) is 13.0. The SMILES string of the molecule is C#CCNC(=O)c1cc(Cl)cc(Br)c1NC(=O)c1cc(OC2CSC2)nn1-c1ncccc1Cl. The molecule has 0 atom stereocenters. The first kappa shape index (κ1) is 24.4. The Bertz CT molecular complexity index is 1310. The molecule has 0 spiro atoms. The molecule has 8 nitrogen and oxygen atoms in total. The molecule has 3 aromatic rings. The summed E-state index contributed by atoms with van der Waals surface area (Å²) in [5.74, 6) is 3.47. The van der Waals surface area contributed by atoms with E-state index in [9.17, 15) is 9.59 Å². The molecule has 0 saturated carbocycles. The molecule has 1 aliphatic rings. The van der Waals surface area contributed by atoms with Crippen LogP contribution in [0.2, 0.25) is 10.0 Å². The van der Waals surface area contributed by atoms with Crippen molar-refractivity contribution in [3.8, 4) is 24.0 Å². The van der Waals surface area contributed by atoms with Crippen LogP contribution in [0.3, 0.4) is 0 Å². The van der Waals surface area contributed by atoms with Crippen molar-refractivity contribution in [1.29, 1.82) is 0 Å². The monoisotopic (exact) mass is 579 g/mol. The van der Waals surface area contributed by atoms with Crippen LogP contribution in [-0.4, -0.2) is 50.7 Å². The van der Waals surface area contributed by atoms with Crippen LogP contribution >= 0.6 is 50.9 Å². The Kier molecular flexibility index (Phi) is 7.68. The quantitative estimate of drug-likeness (QED) is 0.401. The lowest BCUT2D eigenvalue weighted by molar-refractivity contribution is 0.0959. The van der Waals surface area contributed by atoms with Gasteiger partial charge >= 0.3 is 0 Å². The molecule has 1 aliphatic heterocycles. The number of thioether (sulfide) groups is 1. The van der Waals surface area contributed by atoms with Gasteiger partial charge in [-0.1, -0.05) is 29.1 Å². The molecule has 174 valence electrons. The molecular formula is C22H16BrCl2N5O3S. The molecule has 0 radical (unpaired) electrons. The summed E-state index contributed by atoms with van der Waals surface area (Å²) in [6.07, 6.45) is 6.79. The van der Waals surface area contributed by atoms with Gasteiger partial charge in [-0.05, 0) is 40.2 Å². The van der Waals surface area contributed by atoms with E-state index < -0.39 is 11.8 Å². The van der Waals surface area contributed by atoms with Crippen LogP contribution in [0, 0.1) is 12.3 Å². The Morgan fingerprint density at radius 1 is 1.29 bits per heavy atom. The van der Waals surface area contributed by atoms with Crippen LogP contribution < -0.4 is 15.4 Å². The van der Waals surface area contributed by atoms with E-state index in [1.54, 1.807) is 30.0 Å². The minimum Gasteiger partial charge on any atom is -0.472 e. The van der Waals surface area contributed by atoms with Crippen LogP contribution in [0.4, 0.5) is 5.69 Å². The summed E-state index contributed by atoms with van der Waals surface area (Å²) in [6, 6.07) is 7.81. The third-order valence-corrected chi connectivity index (χ3v) is 7.00. The fourth-order valence-electron chi connectivity index (χ4n) is 3.01. The van der Waals surface area contributed by atoms with Crippen LogP contribution in [0.25, 0.3) is 5.82 Å². The number of hydrogen-bond donors (Lipinski definition) is 2. The number of anilines is 1. The minimum absolute atomic E-state index is 0.0142. The van der Waals surface area contributed by atoms with E-state index in [1.807, 2.05) is 0 Å². The number of carbonyl (C=O) groups excluding carboxylic acids is 2. The van der Waals surface area contributed by atoms with Crippen LogP contribution in [0.1, 0.15) is 20.8 Å². The van der Waals surface area contributed by atoms with Gasteiger partial charge in [0.1, 0.15) is 11.8 Å². The molecule has 0 aliphatic carbocycles. The summed E-state index contributed by atoms with van der Waals surface area (Å²) in [7, 11) is 0. The summed E-state index contributed by atoms with van der Waals surface area (Å²) in [4.78, 5) is 30.3. The summed E-state index contributed by atoms with van der Waals surface area (Å²) in [6.45, 7) is 0.0153. The van der Waals surface area contributed by atoms with E-state index in [0.29, 0.717) is 14.5 Å². The highest BCUT2D eigenvalue weighted by atomic mass is 79.9. The van der Waals surface area contributed by atoms with Gasteiger partial charge in [-0.3, -0.25) is 9.59 Å². The molecule has 34 heavy (non-hydrogen) atoms. The van der Waals surface area contributed by atoms with Gasteiger partial charge in [0.05, 0.1) is 22.8 Å². The number of hydrogen-bond acceptors (Lipinski definition) is 6. The minimum atomic E-state index is -0.568. The van der Waals surface area contributed by atoms with E-state index in [-0.39, 0.29) is 41.3 Å². The maximum Gasteiger partial charge on any atom is 0.274 e. The van der Waals surface area contributed by atoms with Crippen LogP contribution in [0.15, 0.2) is 41.0 Å². The first-order chi connectivity index (χ1) is 16.4. The average Bonchev–Trinajstić information content (AvgIpc) is 3.20. The molecule has 2 aromatic heterocycles. The zero-order chi connectivity index (χ0) is 24.2. The molecule has 2 amide bonds. The average molecular weight is 581 g/mol. The van der Waals surface area contributed by atoms with Gasteiger partial charge in [0.15, 0.2) is 5.82 Å². The Balaban J connectivity index is 1.71. The van der Waals surface area contributed by atoms with Gasteiger partial charge in [-0.2, -0.15) is 11.8 Å². The summed E-state index contributed by atoms with van der Waals surface area (Å²) in [5, 5.41) is 10.3. The molecule has 1 fully saturated rings. The number of nitrogens with zero attached hydrogens (tertiary/aromatic N) is 3. The lowest BCUT2D eigenvalue weighted by Gasteiger charge is -2.24. The second-order valence-corrected chi connectivity index (χ2v) is 9.79. The highest BCUT2D eigenvalue weighted by molar-refractivity contribution is 9.10. The number of pyridine rings is 1. The van der Waals surface area contributed by atoms with Gasteiger partial charge < -0.3 is 15.4 Å². The van der Waals surface area contributed by atoms with Crippen molar-refractivity contribution in [2.24, 2.45) is 0 Å². The maximum atomic E-state index is 13.4. The number of amides is 2. The number of ether oxygens (including phenoxy) is 1. The second-order valence-electron chi connectivity index (χ2n) is 7.02. The van der Waals surface area contributed by atoms with Gasteiger partial charge in [0.2, 0.25) is 5.88 Å². The van der Waals surface area contributed by atoms with E-state index in [4.69, 9.17) is 34.4 Å². The number of carbonyl (C=O) groups is 2. The maximum absolute atomic E-state index is 13.4. The van der Waals surface area contributed by atoms with E-state index in [1.165, 1.54) is 23.0 Å². The van der Waals surface area contributed by atoms with Gasteiger partial charge in [-0.15, -0.1) is 11.5 Å². The third kappa shape index (κ3) is 5.33. The molecule has 0 bridgehead atoms. The van der Waals surface area contributed by atoms with Crippen LogP contribution in [-0.2, 0) is 0 Å². The first-order valence-corrected chi connectivity index (χ1v) is 12.5. The smallest absolute Gasteiger partial charge is 0.274 e. The molecule has 4 rings (SSSR count). The highest BCUT2D eigenvalue weighted by Gasteiger charge is 2.26. The third-order valence-electron chi connectivity index (χ3n) is 4.64. The van der Waals surface area contributed by atoms with Crippen molar-refractivity contribution in [3.63, 3.8) is 0 Å². The van der Waals surface area contributed by atoms with E-state index in [2.05, 4.69) is 42.6 Å². The zero-order valence-corrected chi connectivity index (χ0v) is 21.3. The molecular weight excluding hydrogens is 565 g/mol. The van der Waals surface area contributed by atoms with Gasteiger partial charge in [0.25, 0.3) is 11.8 Å². The Labute approximate surface area is 217 Å². The van der Waals surface area contributed by atoms with E-state index >= 15 is 0 Å². The predicted molar refractivity (Wildman–Crippen MR) is 136 cm³/mol. The lowest BCUT2D eigenvalue weighted by Crippen LogP contribution is -2.31. The summed E-state index contributed by atoms with van der Waals surface area (Å²) in [5.41, 5.74) is 0.453. The Morgan fingerprint density at radius 3 is 2.76 bits per heavy atom. The fourth-order valence-corrected chi connectivity index (χ4v) is 4.69. The zero-order valence-electron chi connectivity index (χ0n) is 17.3. The fraction of sp³-hybridized carbons (Fsp3) is 0.182. The van der Waals surface area contributed by atoms with Crippen molar-refractivity contribution in [2.45, 2.75) is 6.10 Å². The number of halogens is 3. The standard InChI is InChI=1S/C22H16BrCl2N5O3S/c1-2-5-27-21(31)14-7-12(24)8-15(23)19(14)28-22(32)17-9-18(33-13-10-34-11-13)29-30(17)20-16(25)4-3-6-26-20/h1,3-4,6-9,13H,5,10-11H2,(H,27,31)(H,28,32). The van der Waals surface area contributed by atoms with Gasteiger partial charge in [0, 0.05) is 33.3 Å². The summed E-state index contributed by atoms with van der Waals surface area (Å²) >= 11 is 17.6. The second kappa shape index (κ2) is 10.7. The predicted octanol–water partition coefficient (Wildman–Crippen LogP) is 4.45. The number of nitrogens with one attached hydrogen (secondary N) is 2. The molecule has 1 saturated heterocycles. The number of terminal acetylenes is 1. The topological polar surface area (TPSA) is 98.1 Å². The van der Waals surface area contributed by atoms with Gasteiger partial charge in [-0.25, -0.2) is 9.67 Å². The highest BCUT2D eigenvalue weighted by Crippen LogP contribution is 2.32. The molecule has 1 aromatic carbocycles. The van der Waals surface area contributed by atoms with Crippen molar-refractivity contribution in [2.75, 3.05) is 23.4 Å². The number of aromatic nitrogens is 3. The number of benzene rings is 1. The summed E-state index contributed by atoms with van der Waals surface area (Å²) < 4.78 is 7.58. The lowest BCUT2D eigenvalue weighted by atomic mass is 10.1. The van der Waals surface area contributed by atoms with Crippen molar-refractivity contribution in [1.82, 2.24) is 20.1 Å². The van der Waals surface area contributed by atoms with Crippen molar-refractivity contribution < 1.29 is 14.3 Å².